The van der Waals surface area contributed by atoms with Crippen LogP contribution in [0.3, 0.4) is 0 Å². The van der Waals surface area contributed by atoms with Crippen molar-refractivity contribution in [1.29, 1.82) is 0 Å². The van der Waals surface area contributed by atoms with Gasteiger partial charge in [0.05, 0.1) is 16.7 Å². The molecule has 1 atom stereocenters. The maximum absolute atomic E-state index is 5.34. The molecule has 226 valence electrons. The lowest BCUT2D eigenvalue weighted by Crippen LogP contribution is -2.15. The highest BCUT2D eigenvalue weighted by molar-refractivity contribution is 6.09. The van der Waals surface area contributed by atoms with Gasteiger partial charge >= 0.3 is 0 Å². The predicted octanol–water partition coefficient (Wildman–Crippen LogP) is 10.0. The number of hydrogen-bond acceptors (Lipinski definition) is 3. The molecule has 2 aliphatic carbocycles. The van der Waals surface area contributed by atoms with Gasteiger partial charge in [-0.3, -0.25) is 9.13 Å². The molecule has 0 aliphatic heterocycles. The molecule has 0 radical (unpaired) electrons. The van der Waals surface area contributed by atoms with Gasteiger partial charge in [0.2, 0.25) is 5.95 Å². The van der Waals surface area contributed by atoms with Crippen molar-refractivity contribution in [2.24, 2.45) is 5.92 Å². The smallest absolute Gasteiger partial charge is 0.239 e. The molecule has 0 amide bonds. The van der Waals surface area contributed by atoms with Crippen molar-refractivity contribution in [1.82, 2.24) is 24.1 Å². The summed E-state index contributed by atoms with van der Waals surface area (Å²) >= 11 is 0. The Balaban J connectivity index is 1.45. The Kier molecular flexibility index (Phi) is 6.56. The summed E-state index contributed by atoms with van der Waals surface area (Å²) in [5.41, 5.74) is 9.23. The van der Waals surface area contributed by atoms with Crippen molar-refractivity contribution in [3.05, 3.63) is 151 Å². The second kappa shape index (κ2) is 11.2. The molecule has 0 N–H and O–H groups in total. The Labute approximate surface area is 273 Å². The van der Waals surface area contributed by atoms with Gasteiger partial charge in [-0.05, 0) is 54.5 Å². The van der Waals surface area contributed by atoms with Gasteiger partial charge in [0.25, 0.3) is 0 Å². The number of benzene rings is 4. The van der Waals surface area contributed by atoms with Gasteiger partial charge in [0.15, 0.2) is 11.6 Å². The van der Waals surface area contributed by atoms with Gasteiger partial charge < -0.3 is 0 Å². The number of hydrogen-bond donors (Lipinski definition) is 0. The van der Waals surface area contributed by atoms with Crippen LogP contribution >= 0.6 is 0 Å². The van der Waals surface area contributed by atoms with E-state index in [-0.39, 0.29) is 0 Å². The van der Waals surface area contributed by atoms with Crippen molar-refractivity contribution in [2.45, 2.75) is 26.2 Å². The first-order chi connectivity index (χ1) is 23.3. The second-order valence-electron chi connectivity index (χ2n) is 12.4. The second-order valence-corrected chi connectivity index (χ2v) is 12.4. The molecule has 0 spiro atoms. The molecule has 0 saturated heterocycles. The minimum atomic E-state index is 0.300. The van der Waals surface area contributed by atoms with E-state index in [9.17, 15) is 0 Å². The van der Waals surface area contributed by atoms with Crippen LogP contribution in [0.15, 0.2) is 133 Å². The number of nitrogens with zero attached hydrogens (tertiary/aromatic N) is 5. The number of allylic oxidation sites excluding steroid dienone is 5. The Morgan fingerprint density at radius 2 is 1.28 bits per heavy atom. The zero-order valence-electron chi connectivity index (χ0n) is 26.2. The van der Waals surface area contributed by atoms with Crippen LogP contribution in [0.25, 0.3) is 67.7 Å². The summed E-state index contributed by atoms with van der Waals surface area (Å²) in [5, 5.41) is 2.44. The lowest BCUT2D eigenvalue weighted by molar-refractivity contribution is 0.742. The largest absolute Gasteiger partial charge is 0.294 e. The molecule has 3 heterocycles. The number of fused-ring (bicyclic) bond motifs is 4. The summed E-state index contributed by atoms with van der Waals surface area (Å²) in [6.07, 6.45) is 13.9. The third kappa shape index (κ3) is 4.50. The van der Waals surface area contributed by atoms with E-state index in [2.05, 4.69) is 137 Å². The molecule has 0 bridgehead atoms. The molecule has 47 heavy (non-hydrogen) atoms. The molecule has 4 aromatic carbocycles. The average Bonchev–Trinajstić information content (AvgIpc) is 3.65. The SMILES string of the molecule is CC1CC=CC=C1c1nc(-c2ccccc2)nc(-n2c3c(c(-c4ccccc4)c2-n2c4ccccc4c4ccccc42)CCC=C3)n1. The van der Waals surface area contributed by atoms with E-state index in [4.69, 9.17) is 15.0 Å². The molecule has 9 rings (SSSR count). The summed E-state index contributed by atoms with van der Waals surface area (Å²) in [5.74, 6) is 3.37. The first-order valence-corrected chi connectivity index (χ1v) is 16.4. The third-order valence-corrected chi connectivity index (χ3v) is 9.52. The topological polar surface area (TPSA) is 48.5 Å². The van der Waals surface area contributed by atoms with Gasteiger partial charge in [-0.1, -0.05) is 128 Å². The fourth-order valence-electron chi connectivity index (χ4n) is 7.30. The van der Waals surface area contributed by atoms with Crippen molar-refractivity contribution in [3.8, 4) is 34.3 Å². The van der Waals surface area contributed by atoms with Gasteiger partial charge in [0, 0.05) is 27.5 Å². The van der Waals surface area contributed by atoms with E-state index >= 15 is 0 Å². The van der Waals surface area contributed by atoms with Gasteiger partial charge in [-0.15, -0.1) is 0 Å². The quantitative estimate of drug-likeness (QED) is 0.196. The number of rotatable bonds is 5. The fraction of sp³-hybridized carbons (Fsp3) is 0.119. The summed E-state index contributed by atoms with van der Waals surface area (Å²) in [6.45, 7) is 2.25. The zero-order valence-corrected chi connectivity index (χ0v) is 26.2. The van der Waals surface area contributed by atoms with Gasteiger partial charge in [-0.2, -0.15) is 9.97 Å². The molecule has 0 fully saturated rings. The Morgan fingerprint density at radius 1 is 0.638 bits per heavy atom. The Bertz CT molecular complexity index is 2340. The molecule has 0 saturated carbocycles. The van der Waals surface area contributed by atoms with E-state index in [0.29, 0.717) is 17.7 Å². The highest BCUT2D eigenvalue weighted by atomic mass is 15.3. The first kappa shape index (κ1) is 27.5. The van der Waals surface area contributed by atoms with Crippen LogP contribution in [0, 0.1) is 5.92 Å². The lowest BCUT2D eigenvalue weighted by atomic mass is 9.93. The van der Waals surface area contributed by atoms with E-state index in [1.165, 1.54) is 27.5 Å². The summed E-state index contributed by atoms with van der Waals surface area (Å²) in [6, 6.07) is 38.5. The normalized spacial score (nSPS) is 15.7. The van der Waals surface area contributed by atoms with Crippen molar-refractivity contribution >= 4 is 33.5 Å². The van der Waals surface area contributed by atoms with Crippen molar-refractivity contribution in [3.63, 3.8) is 0 Å². The molecule has 5 nitrogen and oxygen atoms in total. The van der Waals surface area contributed by atoms with Crippen LogP contribution in [0.1, 0.15) is 36.8 Å². The molecular weight excluding hydrogens is 574 g/mol. The van der Waals surface area contributed by atoms with Crippen LogP contribution in [0.4, 0.5) is 0 Å². The van der Waals surface area contributed by atoms with Crippen LogP contribution in [-0.2, 0) is 6.42 Å². The monoisotopic (exact) mass is 607 g/mol. The highest BCUT2D eigenvalue weighted by Gasteiger charge is 2.30. The van der Waals surface area contributed by atoms with E-state index in [1.807, 2.05) is 18.2 Å². The van der Waals surface area contributed by atoms with Crippen molar-refractivity contribution in [2.75, 3.05) is 0 Å². The minimum Gasteiger partial charge on any atom is -0.294 e. The van der Waals surface area contributed by atoms with Gasteiger partial charge in [0.1, 0.15) is 5.82 Å². The predicted molar refractivity (Wildman–Crippen MR) is 193 cm³/mol. The maximum Gasteiger partial charge on any atom is 0.239 e. The minimum absolute atomic E-state index is 0.300. The maximum atomic E-state index is 5.34. The molecule has 2 aliphatic rings. The highest BCUT2D eigenvalue weighted by Crippen LogP contribution is 2.44. The third-order valence-electron chi connectivity index (χ3n) is 9.52. The Hall–Kier alpha value is -5.81. The van der Waals surface area contributed by atoms with Gasteiger partial charge in [-0.25, -0.2) is 4.98 Å². The molecule has 3 aromatic heterocycles. The Morgan fingerprint density at radius 3 is 1.98 bits per heavy atom. The summed E-state index contributed by atoms with van der Waals surface area (Å²) in [7, 11) is 0. The number of aromatic nitrogens is 5. The zero-order chi connectivity index (χ0) is 31.3. The standard InChI is InChI=1S/C42H33N5/c1-28-16-8-9-21-31(28)40-43-39(30-19-6-3-7-20-30)44-42(45-40)47-37-27-15-12-24-34(37)38(29-17-4-2-5-18-29)41(47)46-35-25-13-10-22-32(35)33-23-11-14-26-36(33)46/h2-11,13-15,17-23,25-28H,12,16,24H2,1H3. The summed E-state index contributed by atoms with van der Waals surface area (Å²) < 4.78 is 4.73. The van der Waals surface area contributed by atoms with E-state index < -0.39 is 0 Å². The molecular formula is C42H33N5. The van der Waals surface area contributed by atoms with Crippen LogP contribution < -0.4 is 0 Å². The van der Waals surface area contributed by atoms with E-state index in [0.717, 1.165) is 58.8 Å². The number of para-hydroxylation sites is 2. The van der Waals surface area contributed by atoms with Crippen molar-refractivity contribution < 1.29 is 0 Å². The lowest BCUT2D eigenvalue weighted by Gasteiger charge is -2.19. The molecule has 7 aromatic rings. The van der Waals surface area contributed by atoms with Crippen LogP contribution in [0.5, 0.6) is 0 Å². The fourth-order valence-corrected chi connectivity index (χ4v) is 7.30. The average molecular weight is 608 g/mol. The molecule has 1 unspecified atom stereocenters. The van der Waals surface area contributed by atoms with Crippen LogP contribution in [0.2, 0.25) is 0 Å². The van der Waals surface area contributed by atoms with Crippen LogP contribution in [-0.4, -0.2) is 24.1 Å². The van der Waals surface area contributed by atoms with E-state index in [1.54, 1.807) is 0 Å². The molecule has 5 heteroatoms. The first-order valence-electron chi connectivity index (χ1n) is 16.4. The summed E-state index contributed by atoms with van der Waals surface area (Å²) in [4.78, 5) is 15.7.